The third-order valence-electron chi connectivity index (χ3n) is 5.59. The SMILES string of the molecule is CC(C)CNC(=O)C(Cc1ccccc1)N(Cc1ccccc1)C(=O)CSCc1ccccc1Cl. The van der Waals surface area contributed by atoms with Gasteiger partial charge in [-0.15, -0.1) is 11.8 Å². The fourth-order valence-corrected chi connectivity index (χ4v) is 4.90. The topological polar surface area (TPSA) is 49.4 Å². The fourth-order valence-electron chi connectivity index (χ4n) is 3.70. The van der Waals surface area contributed by atoms with E-state index in [9.17, 15) is 9.59 Å². The molecule has 184 valence electrons. The second-order valence-electron chi connectivity index (χ2n) is 8.94. The average Bonchev–Trinajstić information content (AvgIpc) is 2.87. The molecule has 0 aliphatic carbocycles. The predicted octanol–water partition coefficient (Wildman–Crippen LogP) is 5.99. The molecule has 1 unspecified atom stereocenters. The standard InChI is InChI=1S/C29H33ClN2O2S/c1-22(2)18-31-29(34)27(17-23-11-5-3-6-12-23)32(19-24-13-7-4-8-14-24)28(33)21-35-20-25-15-9-10-16-26(25)30/h3-16,22,27H,17-21H2,1-2H3,(H,31,34). The van der Waals surface area contributed by atoms with Gasteiger partial charge in [0.1, 0.15) is 6.04 Å². The van der Waals surface area contributed by atoms with Gasteiger partial charge < -0.3 is 10.2 Å². The minimum atomic E-state index is -0.607. The highest BCUT2D eigenvalue weighted by Gasteiger charge is 2.30. The largest absolute Gasteiger partial charge is 0.354 e. The van der Waals surface area contributed by atoms with Crippen LogP contribution in [0.4, 0.5) is 0 Å². The maximum Gasteiger partial charge on any atom is 0.243 e. The van der Waals surface area contributed by atoms with E-state index < -0.39 is 6.04 Å². The Morgan fingerprint density at radius 1 is 0.886 bits per heavy atom. The van der Waals surface area contributed by atoms with E-state index in [4.69, 9.17) is 11.6 Å². The lowest BCUT2D eigenvalue weighted by molar-refractivity contribution is -0.139. The molecule has 0 bridgehead atoms. The summed E-state index contributed by atoms with van der Waals surface area (Å²) in [4.78, 5) is 28.7. The van der Waals surface area contributed by atoms with Crippen LogP contribution in [0.25, 0.3) is 0 Å². The highest BCUT2D eigenvalue weighted by Crippen LogP contribution is 2.22. The Morgan fingerprint density at radius 3 is 2.11 bits per heavy atom. The number of amides is 2. The molecule has 3 rings (SSSR count). The maximum atomic E-state index is 13.6. The maximum absolute atomic E-state index is 13.6. The minimum Gasteiger partial charge on any atom is -0.354 e. The second kappa shape index (κ2) is 14.0. The zero-order chi connectivity index (χ0) is 25.0. The molecule has 1 N–H and O–H groups in total. The van der Waals surface area contributed by atoms with Gasteiger partial charge in [0.25, 0.3) is 0 Å². The molecule has 0 radical (unpaired) electrons. The van der Waals surface area contributed by atoms with E-state index in [0.29, 0.717) is 36.2 Å². The molecule has 0 aromatic heterocycles. The van der Waals surface area contributed by atoms with E-state index in [1.807, 2.05) is 84.9 Å². The van der Waals surface area contributed by atoms with Crippen molar-refractivity contribution in [3.05, 3.63) is 107 Å². The summed E-state index contributed by atoms with van der Waals surface area (Å²) in [6.07, 6.45) is 0.457. The van der Waals surface area contributed by atoms with E-state index in [0.717, 1.165) is 16.7 Å². The number of nitrogens with one attached hydrogen (secondary N) is 1. The van der Waals surface area contributed by atoms with Gasteiger partial charge in [0.05, 0.1) is 5.75 Å². The molecular weight excluding hydrogens is 476 g/mol. The molecule has 0 aliphatic heterocycles. The van der Waals surface area contributed by atoms with Gasteiger partial charge in [-0.1, -0.05) is 104 Å². The number of benzene rings is 3. The Hall–Kier alpha value is -2.76. The smallest absolute Gasteiger partial charge is 0.243 e. The Balaban J connectivity index is 1.82. The van der Waals surface area contributed by atoms with Crippen molar-refractivity contribution in [2.75, 3.05) is 12.3 Å². The van der Waals surface area contributed by atoms with Gasteiger partial charge in [0.15, 0.2) is 0 Å². The molecule has 1 atom stereocenters. The number of nitrogens with zero attached hydrogens (tertiary/aromatic N) is 1. The molecule has 3 aromatic rings. The van der Waals surface area contributed by atoms with Gasteiger partial charge in [-0.25, -0.2) is 0 Å². The molecule has 2 amide bonds. The van der Waals surface area contributed by atoms with E-state index in [-0.39, 0.29) is 17.6 Å². The van der Waals surface area contributed by atoms with Crippen LogP contribution in [0.3, 0.4) is 0 Å². The lowest BCUT2D eigenvalue weighted by Gasteiger charge is -2.32. The van der Waals surface area contributed by atoms with Crippen LogP contribution in [-0.4, -0.2) is 35.1 Å². The van der Waals surface area contributed by atoms with Crippen LogP contribution in [0, 0.1) is 5.92 Å². The Bertz CT molecular complexity index is 1080. The van der Waals surface area contributed by atoms with Crippen molar-refractivity contribution in [3.8, 4) is 0 Å². The van der Waals surface area contributed by atoms with Crippen LogP contribution in [0.5, 0.6) is 0 Å². The Labute approximate surface area is 218 Å². The summed E-state index contributed by atoms with van der Waals surface area (Å²) in [6, 6.07) is 26.8. The lowest BCUT2D eigenvalue weighted by Crippen LogP contribution is -2.51. The normalized spacial score (nSPS) is 11.8. The number of carbonyl (C=O) groups excluding carboxylic acids is 2. The van der Waals surface area contributed by atoms with E-state index in [2.05, 4.69) is 19.2 Å². The first-order chi connectivity index (χ1) is 16.9. The number of hydrogen-bond donors (Lipinski definition) is 1. The molecule has 0 spiro atoms. The number of rotatable bonds is 12. The predicted molar refractivity (Wildman–Crippen MR) is 146 cm³/mol. The van der Waals surface area contributed by atoms with Crippen LogP contribution < -0.4 is 5.32 Å². The highest BCUT2D eigenvalue weighted by atomic mass is 35.5. The van der Waals surface area contributed by atoms with Crippen molar-refractivity contribution in [3.63, 3.8) is 0 Å². The molecule has 0 saturated heterocycles. The molecule has 0 aliphatic rings. The molecule has 35 heavy (non-hydrogen) atoms. The van der Waals surface area contributed by atoms with Crippen molar-refractivity contribution in [2.45, 2.75) is 38.6 Å². The van der Waals surface area contributed by atoms with Crippen LogP contribution in [0.15, 0.2) is 84.9 Å². The van der Waals surface area contributed by atoms with Gasteiger partial charge in [0.2, 0.25) is 11.8 Å². The van der Waals surface area contributed by atoms with Crippen LogP contribution in [-0.2, 0) is 28.3 Å². The zero-order valence-corrected chi connectivity index (χ0v) is 21.9. The lowest BCUT2D eigenvalue weighted by atomic mass is 10.0. The number of hydrogen-bond acceptors (Lipinski definition) is 3. The summed E-state index contributed by atoms with van der Waals surface area (Å²) < 4.78 is 0. The molecule has 3 aromatic carbocycles. The zero-order valence-electron chi connectivity index (χ0n) is 20.3. The van der Waals surface area contributed by atoms with E-state index >= 15 is 0 Å². The van der Waals surface area contributed by atoms with Gasteiger partial charge in [-0.05, 0) is 28.7 Å². The Morgan fingerprint density at radius 2 is 1.49 bits per heavy atom. The van der Waals surface area contributed by atoms with Crippen LogP contribution >= 0.6 is 23.4 Å². The monoisotopic (exact) mass is 508 g/mol. The van der Waals surface area contributed by atoms with Gasteiger partial charge in [-0.3, -0.25) is 9.59 Å². The van der Waals surface area contributed by atoms with Crippen molar-refractivity contribution in [2.24, 2.45) is 5.92 Å². The van der Waals surface area contributed by atoms with Crippen molar-refractivity contribution in [1.82, 2.24) is 10.2 Å². The van der Waals surface area contributed by atoms with E-state index in [1.165, 1.54) is 11.8 Å². The summed E-state index contributed by atoms with van der Waals surface area (Å²) in [5, 5.41) is 3.75. The highest BCUT2D eigenvalue weighted by molar-refractivity contribution is 7.99. The van der Waals surface area contributed by atoms with Crippen molar-refractivity contribution >= 4 is 35.2 Å². The van der Waals surface area contributed by atoms with Crippen LogP contribution in [0.2, 0.25) is 5.02 Å². The van der Waals surface area contributed by atoms with Crippen molar-refractivity contribution < 1.29 is 9.59 Å². The van der Waals surface area contributed by atoms with E-state index in [1.54, 1.807) is 4.90 Å². The number of carbonyl (C=O) groups is 2. The quantitative estimate of drug-likeness (QED) is 0.327. The molecule has 6 heteroatoms. The van der Waals surface area contributed by atoms with Gasteiger partial charge >= 0.3 is 0 Å². The third-order valence-corrected chi connectivity index (χ3v) is 6.93. The summed E-state index contributed by atoms with van der Waals surface area (Å²) in [7, 11) is 0. The fraction of sp³-hybridized carbons (Fsp3) is 0.310. The Kier molecular flexibility index (Phi) is 10.7. The second-order valence-corrected chi connectivity index (χ2v) is 10.3. The first kappa shape index (κ1) is 26.8. The minimum absolute atomic E-state index is 0.0634. The molecule has 4 nitrogen and oxygen atoms in total. The van der Waals surface area contributed by atoms with Crippen LogP contribution in [0.1, 0.15) is 30.5 Å². The number of thioether (sulfide) groups is 1. The van der Waals surface area contributed by atoms with Gasteiger partial charge in [-0.2, -0.15) is 0 Å². The first-order valence-electron chi connectivity index (χ1n) is 11.9. The summed E-state index contributed by atoms with van der Waals surface area (Å²) in [6.45, 7) is 5.06. The summed E-state index contributed by atoms with van der Waals surface area (Å²) in [5.41, 5.74) is 3.01. The summed E-state index contributed by atoms with van der Waals surface area (Å²) >= 11 is 7.80. The summed E-state index contributed by atoms with van der Waals surface area (Å²) in [5.74, 6) is 1.03. The number of halogens is 1. The molecule has 0 heterocycles. The molecular formula is C29H33ClN2O2S. The molecule has 0 fully saturated rings. The third kappa shape index (κ3) is 8.75. The van der Waals surface area contributed by atoms with Gasteiger partial charge in [0, 0.05) is 30.3 Å². The first-order valence-corrected chi connectivity index (χ1v) is 13.4. The molecule has 0 saturated carbocycles. The average molecular weight is 509 g/mol. The van der Waals surface area contributed by atoms with Crippen molar-refractivity contribution in [1.29, 1.82) is 0 Å².